The van der Waals surface area contributed by atoms with Crippen molar-refractivity contribution in [2.24, 2.45) is 5.41 Å². The van der Waals surface area contributed by atoms with E-state index in [1.165, 1.54) is 0 Å². The van der Waals surface area contributed by atoms with Gasteiger partial charge in [-0.15, -0.1) is 5.10 Å². The quantitative estimate of drug-likeness (QED) is 0.826. The molecule has 2 fully saturated rings. The molecule has 5 rings (SSSR count). The molecule has 2 aromatic rings. The zero-order chi connectivity index (χ0) is 16.1. The van der Waals surface area contributed by atoms with Crippen molar-refractivity contribution in [2.45, 2.75) is 44.6 Å². The number of likely N-dealkylation sites (tertiary alicyclic amines) is 1. The van der Waals surface area contributed by atoms with Crippen molar-refractivity contribution in [1.82, 2.24) is 29.4 Å². The summed E-state index contributed by atoms with van der Waals surface area (Å²) >= 11 is 0. The Balaban J connectivity index is 1.30. The van der Waals surface area contributed by atoms with E-state index in [0.29, 0.717) is 13.2 Å². The molecule has 126 valence electrons. The van der Waals surface area contributed by atoms with Crippen LogP contribution in [0.1, 0.15) is 31.0 Å². The van der Waals surface area contributed by atoms with Crippen LogP contribution in [0.15, 0.2) is 24.9 Å². The molecule has 2 atom stereocenters. The SMILES string of the molecule is O=C(N1CC[C@H]2[C@H](C1)OCc1cnnn12)C1(Cn2ccnc2)CC1. The molecule has 0 aromatic carbocycles. The molecule has 8 nitrogen and oxygen atoms in total. The van der Waals surface area contributed by atoms with E-state index in [1.807, 2.05) is 20.3 Å². The lowest BCUT2D eigenvalue weighted by atomic mass is 9.97. The Bertz CT molecular complexity index is 750. The normalized spacial score (nSPS) is 27.4. The van der Waals surface area contributed by atoms with E-state index in [9.17, 15) is 4.79 Å². The second-order valence-electron chi connectivity index (χ2n) is 7.14. The van der Waals surface area contributed by atoms with Crippen LogP contribution in [-0.2, 0) is 22.7 Å². The number of aromatic nitrogens is 5. The molecule has 0 bridgehead atoms. The van der Waals surface area contributed by atoms with Gasteiger partial charge in [0.25, 0.3) is 0 Å². The molecule has 3 aliphatic rings. The lowest BCUT2D eigenvalue weighted by Gasteiger charge is -2.42. The van der Waals surface area contributed by atoms with E-state index >= 15 is 0 Å². The van der Waals surface area contributed by atoms with E-state index in [4.69, 9.17) is 4.74 Å². The minimum absolute atomic E-state index is 0.0148. The molecule has 1 aliphatic carbocycles. The van der Waals surface area contributed by atoms with Crippen LogP contribution in [0.25, 0.3) is 0 Å². The number of carbonyl (C=O) groups excluding carboxylic acids is 1. The van der Waals surface area contributed by atoms with Gasteiger partial charge < -0.3 is 14.2 Å². The van der Waals surface area contributed by atoms with Crippen LogP contribution < -0.4 is 0 Å². The lowest BCUT2D eigenvalue weighted by molar-refractivity contribution is -0.145. The van der Waals surface area contributed by atoms with E-state index < -0.39 is 0 Å². The smallest absolute Gasteiger partial charge is 0.230 e. The maximum absolute atomic E-state index is 13.1. The number of hydrogen-bond acceptors (Lipinski definition) is 5. The zero-order valence-corrected chi connectivity index (χ0v) is 13.4. The molecule has 0 spiro atoms. The number of carbonyl (C=O) groups is 1. The molecule has 2 aliphatic heterocycles. The second-order valence-corrected chi connectivity index (χ2v) is 7.14. The fraction of sp³-hybridized carbons (Fsp3) is 0.625. The third-order valence-corrected chi connectivity index (χ3v) is 5.57. The number of piperidine rings is 1. The van der Waals surface area contributed by atoms with Crippen molar-refractivity contribution in [1.29, 1.82) is 0 Å². The van der Waals surface area contributed by atoms with Gasteiger partial charge in [-0.05, 0) is 19.3 Å². The molecule has 1 saturated heterocycles. The fourth-order valence-electron chi connectivity index (χ4n) is 4.03. The summed E-state index contributed by atoms with van der Waals surface area (Å²) in [6.45, 7) is 2.66. The van der Waals surface area contributed by atoms with Gasteiger partial charge in [0.1, 0.15) is 0 Å². The molecule has 2 aromatic heterocycles. The topological polar surface area (TPSA) is 78.1 Å². The molecule has 24 heavy (non-hydrogen) atoms. The van der Waals surface area contributed by atoms with Crippen molar-refractivity contribution in [2.75, 3.05) is 13.1 Å². The molecule has 1 saturated carbocycles. The molecule has 4 heterocycles. The summed E-state index contributed by atoms with van der Waals surface area (Å²) < 4.78 is 9.97. The summed E-state index contributed by atoms with van der Waals surface area (Å²) in [6.07, 6.45) is 10.0. The molecule has 1 amide bonds. The van der Waals surface area contributed by atoms with Gasteiger partial charge in [0.15, 0.2) is 0 Å². The van der Waals surface area contributed by atoms with Crippen molar-refractivity contribution in [3.63, 3.8) is 0 Å². The number of rotatable bonds is 3. The van der Waals surface area contributed by atoms with Crippen LogP contribution in [-0.4, -0.2) is 54.5 Å². The summed E-state index contributed by atoms with van der Waals surface area (Å²) in [7, 11) is 0. The molecular weight excluding hydrogens is 308 g/mol. The monoisotopic (exact) mass is 328 g/mol. The number of imidazole rings is 1. The Labute approximate surface area is 139 Å². The van der Waals surface area contributed by atoms with Gasteiger partial charge in [-0.2, -0.15) is 0 Å². The van der Waals surface area contributed by atoms with E-state index in [-0.39, 0.29) is 23.5 Å². The van der Waals surface area contributed by atoms with Gasteiger partial charge in [-0.1, -0.05) is 5.21 Å². The van der Waals surface area contributed by atoms with Gasteiger partial charge in [-0.25, -0.2) is 9.67 Å². The number of hydrogen-bond donors (Lipinski definition) is 0. The second kappa shape index (κ2) is 5.14. The first kappa shape index (κ1) is 14.2. The highest BCUT2D eigenvalue weighted by molar-refractivity contribution is 5.85. The maximum atomic E-state index is 13.1. The first-order valence-electron chi connectivity index (χ1n) is 8.51. The van der Waals surface area contributed by atoms with E-state index in [2.05, 4.69) is 15.3 Å². The summed E-state index contributed by atoms with van der Waals surface area (Å²) in [6, 6.07) is 0.198. The lowest BCUT2D eigenvalue weighted by Crippen LogP contribution is -2.52. The predicted octanol–water partition coefficient (Wildman–Crippen LogP) is 0.627. The molecular formula is C16H20N6O2. The standard InChI is InChI=1S/C16H20N6O2/c23-15(16(2-3-16)10-20-6-4-17-11-20)21-5-1-13-14(8-21)24-9-12-7-18-19-22(12)13/h4,6-7,11,13-14H,1-3,5,8-10H2/t13-,14-/m0/s1. The van der Waals surface area contributed by atoms with Crippen LogP contribution >= 0.6 is 0 Å². The van der Waals surface area contributed by atoms with Gasteiger partial charge in [0.2, 0.25) is 5.91 Å². The third-order valence-electron chi connectivity index (χ3n) is 5.57. The molecule has 0 radical (unpaired) electrons. The average molecular weight is 328 g/mol. The fourth-order valence-corrected chi connectivity index (χ4v) is 4.03. The Kier molecular flexibility index (Phi) is 3.03. The zero-order valence-electron chi connectivity index (χ0n) is 13.4. The Morgan fingerprint density at radius 2 is 2.33 bits per heavy atom. The van der Waals surface area contributed by atoms with Crippen LogP contribution in [0.2, 0.25) is 0 Å². The summed E-state index contributed by atoms with van der Waals surface area (Å²) in [5.41, 5.74) is 0.787. The summed E-state index contributed by atoms with van der Waals surface area (Å²) in [4.78, 5) is 19.2. The number of nitrogens with zero attached hydrogens (tertiary/aromatic N) is 6. The number of fused-ring (bicyclic) bond motifs is 3. The first-order valence-corrected chi connectivity index (χ1v) is 8.51. The minimum Gasteiger partial charge on any atom is -0.368 e. The van der Waals surface area contributed by atoms with Crippen molar-refractivity contribution in [3.05, 3.63) is 30.6 Å². The Morgan fingerprint density at radius 1 is 1.42 bits per heavy atom. The first-order chi connectivity index (χ1) is 11.8. The average Bonchev–Trinajstić information content (AvgIpc) is 3.01. The third kappa shape index (κ3) is 2.16. The highest BCUT2D eigenvalue weighted by atomic mass is 16.5. The van der Waals surface area contributed by atoms with Gasteiger partial charge in [0.05, 0.1) is 42.4 Å². The number of ether oxygens (including phenoxy) is 1. The van der Waals surface area contributed by atoms with Crippen LogP contribution in [0.4, 0.5) is 0 Å². The predicted molar refractivity (Wildman–Crippen MR) is 82.7 cm³/mol. The van der Waals surface area contributed by atoms with E-state index in [0.717, 1.165) is 38.0 Å². The van der Waals surface area contributed by atoms with Crippen LogP contribution in [0, 0.1) is 5.41 Å². The Hall–Kier alpha value is -2.22. The van der Waals surface area contributed by atoms with Crippen molar-refractivity contribution in [3.8, 4) is 0 Å². The number of amides is 1. The van der Waals surface area contributed by atoms with Crippen molar-refractivity contribution < 1.29 is 9.53 Å². The minimum atomic E-state index is -0.235. The van der Waals surface area contributed by atoms with E-state index in [1.54, 1.807) is 18.7 Å². The highest BCUT2D eigenvalue weighted by Gasteiger charge is 2.53. The largest absolute Gasteiger partial charge is 0.368 e. The van der Waals surface area contributed by atoms with Gasteiger partial charge in [-0.3, -0.25) is 4.79 Å². The molecule has 0 N–H and O–H groups in total. The van der Waals surface area contributed by atoms with Crippen LogP contribution in [0.3, 0.4) is 0 Å². The van der Waals surface area contributed by atoms with Gasteiger partial charge >= 0.3 is 0 Å². The molecule has 8 heteroatoms. The Morgan fingerprint density at radius 3 is 3.12 bits per heavy atom. The van der Waals surface area contributed by atoms with Gasteiger partial charge in [0, 0.05) is 32.0 Å². The summed E-state index contributed by atoms with van der Waals surface area (Å²) in [5, 5.41) is 8.18. The summed E-state index contributed by atoms with van der Waals surface area (Å²) in [5.74, 6) is 0.266. The highest BCUT2D eigenvalue weighted by Crippen LogP contribution is 2.49. The maximum Gasteiger partial charge on any atom is 0.230 e. The van der Waals surface area contributed by atoms with Crippen LogP contribution in [0.5, 0.6) is 0 Å². The van der Waals surface area contributed by atoms with Crippen molar-refractivity contribution >= 4 is 5.91 Å². The molecule has 0 unspecified atom stereocenters.